The van der Waals surface area contributed by atoms with Gasteiger partial charge in [0, 0.05) is 29.6 Å². The number of rotatable bonds is 8. The van der Waals surface area contributed by atoms with Crippen LogP contribution in [-0.2, 0) is 5.41 Å². The van der Waals surface area contributed by atoms with Crippen LogP contribution in [0.5, 0.6) is 5.75 Å². The third-order valence-electron chi connectivity index (χ3n) is 5.29. The molecule has 0 spiro atoms. The summed E-state index contributed by atoms with van der Waals surface area (Å²) in [5.41, 5.74) is 10.7. The van der Waals surface area contributed by atoms with Gasteiger partial charge in [0.2, 0.25) is 0 Å². The average molecular weight is 444 g/mol. The summed E-state index contributed by atoms with van der Waals surface area (Å²) in [5, 5.41) is 14.8. The summed E-state index contributed by atoms with van der Waals surface area (Å²) in [6, 6.07) is 20.3. The summed E-state index contributed by atoms with van der Waals surface area (Å²) in [4.78, 5) is 4.17. The van der Waals surface area contributed by atoms with Crippen LogP contribution in [0.25, 0.3) is 16.5 Å². The third kappa shape index (κ3) is 6.24. The summed E-state index contributed by atoms with van der Waals surface area (Å²) in [7, 11) is 0. The van der Waals surface area contributed by atoms with Crippen LogP contribution in [0.3, 0.4) is 0 Å². The predicted molar refractivity (Wildman–Crippen MR) is 140 cm³/mol. The van der Waals surface area contributed by atoms with Gasteiger partial charge in [-0.05, 0) is 59.0 Å². The van der Waals surface area contributed by atoms with Gasteiger partial charge in [0.05, 0.1) is 12.3 Å². The van der Waals surface area contributed by atoms with E-state index in [1.165, 1.54) is 5.56 Å². The molecule has 0 saturated heterocycles. The second kappa shape index (κ2) is 10.4. The molecule has 0 bridgehead atoms. The molecule has 3 rings (SSSR count). The Kier molecular flexibility index (Phi) is 7.56. The van der Waals surface area contributed by atoms with E-state index in [2.05, 4.69) is 61.9 Å². The van der Waals surface area contributed by atoms with Gasteiger partial charge >= 0.3 is 0 Å². The summed E-state index contributed by atoms with van der Waals surface area (Å²) in [5.74, 6) is 0.787. The van der Waals surface area contributed by atoms with Gasteiger partial charge in [0.15, 0.2) is 5.88 Å². The Hall–Kier alpha value is -3.57. The summed E-state index contributed by atoms with van der Waals surface area (Å²) < 4.78 is 5.74. The van der Waals surface area contributed by atoms with Crippen molar-refractivity contribution >= 4 is 27.9 Å². The number of ether oxygens (including phenoxy) is 1. The fourth-order valence-electron chi connectivity index (χ4n) is 3.56. The van der Waals surface area contributed by atoms with Crippen LogP contribution in [0.2, 0.25) is 0 Å². The zero-order valence-electron chi connectivity index (χ0n) is 19.9. The SMILES string of the molecule is C=C(Nc1ccc(C(C)(C)C)cc1)c1cccc2cc(O/C(N)=C/C(CO)=NCC)ccc12. The molecule has 0 amide bonds. The number of nitrogens with zero attached hydrogens (tertiary/aromatic N) is 1. The number of aliphatic hydroxyl groups is 1. The van der Waals surface area contributed by atoms with E-state index >= 15 is 0 Å². The summed E-state index contributed by atoms with van der Waals surface area (Å²) >= 11 is 0. The van der Waals surface area contributed by atoms with Gasteiger partial charge in [-0.3, -0.25) is 4.99 Å². The van der Waals surface area contributed by atoms with E-state index in [-0.39, 0.29) is 17.9 Å². The van der Waals surface area contributed by atoms with Crippen LogP contribution >= 0.6 is 0 Å². The molecule has 0 saturated carbocycles. The quantitative estimate of drug-likeness (QED) is 0.301. The van der Waals surface area contributed by atoms with Gasteiger partial charge in [-0.2, -0.15) is 0 Å². The molecule has 5 heteroatoms. The minimum atomic E-state index is -0.187. The molecule has 5 nitrogen and oxygen atoms in total. The largest absolute Gasteiger partial charge is 0.442 e. The van der Waals surface area contributed by atoms with Crippen LogP contribution < -0.4 is 15.8 Å². The van der Waals surface area contributed by atoms with Gasteiger partial charge in [-0.15, -0.1) is 0 Å². The number of nitrogens with two attached hydrogens (primary N) is 1. The topological polar surface area (TPSA) is 79.9 Å². The maximum absolute atomic E-state index is 9.35. The van der Waals surface area contributed by atoms with E-state index in [1.807, 2.05) is 43.3 Å². The molecule has 0 aliphatic rings. The predicted octanol–water partition coefficient (Wildman–Crippen LogP) is 5.85. The van der Waals surface area contributed by atoms with E-state index in [9.17, 15) is 5.11 Å². The van der Waals surface area contributed by atoms with E-state index in [4.69, 9.17) is 10.5 Å². The van der Waals surface area contributed by atoms with Crippen LogP contribution in [-0.4, -0.2) is 24.0 Å². The van der Waals surface area contributed by atoms with Gasteiger partial charge in [-0.25, -0.2) is 0 Å². The van der Waals surface area contributed by atoms with Crippen molar-refractivity contribution in [2.45, 2.75) is 33.1 Å². The van der Waals surface area contributed by atoms with Crippen molar-refractivity contribution in [3.8, 4) is 5.75 Å². The van der Waals surface area contributed by atoms with E-state index in [1.54, 1.807) is 6.08 Å². The number of aliphatic imine (C=N–C) groups is 1. The fraction of sp³-hybridized carbons (Fsp3) is 0.250. The second-order valence-corrected chi connectivity index (χ2v) is 8.89. The first kappa shape index (κ1) is 24.1. The van der Waals surface area contributed by atoms with Crippen molar-refractivity contribution in [2.24, 2.45) is 10.7 Å². The Morgan fingerprint density at radius 3 is 2.48 bits per heavy atom. The minimum absolute atomic E-state index is 0.117. The first-order chi connectivity index (χ1) is 15.7. The molecule has 33 heavy (non-hydrogen) atoms. The van der Waals surface area contributed by atoms with Crippen LogP contribution in [0.1, 0.15) is 38.8 Å². The Morgan fingerprint density at radius 2 is 1.85 bits per heavy atom. The first-order valence-electron chi connectivity index (χ1n) is 11.1. The molecule has 0 heterocycles. The Labute approximate surface area is 196 Å². The lowest BCUT2D eigenvalue weighted by molar-refractivity contribution is 0.357. The lowest BCUT2D eigenvalue weighted by atomic mass is 9.87. The second-order valence-electron chi connectivity index (χ2n) is 8.89. The minimum Gasteiger partial charge on any atom is -0.442 e. The van der Waals surface area contributed by atoms with E-state index in [0.717, 1.165) is 27.7 Å². The number of hydrogen-bond donors (Lipinski definition) is 3. The highest BCUT2D eigenvalue weighted by atomic mass is 16.5. The zero-order chi connectivity index (χ0) is 24.0. The van der Waals surface area contributed by atoms with Crippen LogP contribution in [0, 0.1) is 0 Å². The van der Waals surface area contributed by atoms with Crippen molar-refractivity contribution < 1.29 is 9.84 Å². The molecule has 0 aliphatic heterocycles. The number of nitrogens with one attached hydrogen (secondary N) is 1. The number of hydrogen-bond acceptors (Lipinski definition) is 5. The fourth-order valence-corrected chi connectivity index (χ4v) is 3.56. The maximum Gasteiger partial charge on any atom is 0.192 e. The Balaban J connectivity index is 1.80. The smallest absolute Gasteiger partial charge is 0.192 e. The number of anilines is 1. The third-order valence-corrected chi connectivity index (χ3v) is 5.29. The highest BCUT2D eigenvalue weighted by Crippen LogP contribution is 2.30. The Morgan fingerprint density at radius 1 is 1.12 bits per heavy atom. The molecule has 4 N–H and O–H groups in total. The lowest BCUT2D eigenvalue weighted by Gasteiger charge is -2.20. The normalized spacial score (nSPS) is 12.6. The summed E-state index contributed by atoms with van der Waals surface area (Å²) in [6.45, 7) is 13.2. The maximum atomic E-state index is 9.35. The highest BCUT2D eigenvalue weighted by Gasteiger charge is 2.13. The van der Waals surface area contributed by atoms with Gasteiger partial charge in [0.1, 0.15) is 5.75 Å². The molecule has 0 radical (unpaired) electrons. The average Bonchev–Trinajstić information content (AvgIpc) is 2.77. The van der Waals surface area contributed by atoms with E-state index < -0.39 is 0 Å². The van der Waals surface area contributed by atoms with Crippen molar-refractivity contribution in [3.05, 3.63) is 90.3 Å². The molecule has 0 aliphatic carbocycles. The molecule has 3 aromatic carbocycles. The van der Waals surface area contributed by atoms with Crippen LogP contribution in [0.15, 0.2) is 84.2 Å². The van der Waals surface area contributed by atoms with Gasteiger partial charge in [-0.1, -0.05) is 57.7 Å². The van der Waals surface area contributed by atoms with Crippen LogP contribution in [0.4, 0.5) is 5.69 Å². The molecule has 172 valence electrons. The van der Waals surface area contributed by atoms with Crippen molar-refractivity contribution in [3.63, 3.8) is 0 Å². The van der Waals surface area contributed by atoms with Gasteiger partial charge < -0.3 is 20.9 Å². The Bertz CT molecular complexity index is 1190. The molecular weight excluding hydrogens is 410 g/mol. The monoisotopic (exact) mass is 443 g/mol. The molecule has 3 aromatic rings. The van der Waals surface area contributed by atoms with E-state index in [0.29, 0.717) is 18.0 Å². The van der Waals surface area contributed by atoms with Gasteiger partial charge in [0.25, 0.3) is 0 Å². The molecule has 0 unspecified atom stereocenters. The molecular formula is C28H33N3O2. The van der Waals surface area contributed by atoms with Crippen molar-refractivity contribution in [1.29, 1.82) is 0 Å². The molecule has 0 atom stereocenters. The first-order valence-corrected chi connectivity index (χ1v) is 11.1. The standard InChI is InChI=1S/C28H33N3O2/c1-6-30-23(18-32)17-27(29)33-24-14-15-26-20(16-24)8-7-9-25(26)19(2)31-22-12-10-21(11-13-22)28(3,4)5/h7-17,31-32H,2,6,18,29H2,1,3-5H3/b27-17+,30-23?. The highest BCUT2D eigenvalue weighted by molar-refractivity contribution is 5.97. The summed E-state index contributed by atoms with van der Waals surface area (Å²) in [6.07, 6.45) is 1.54. The van der Waals surface area contributed by atoms with Crippen molar-refractivity contribution in [1.82, 2.24) is 0 Å². The zero-order valence-corrected chi connectivity index (χ0v) is 19.9. The number of aliphatic hydroxyl groups excluding tert-OH is 1. The molecule has 0 fully saturated rings. The molecule has 0 aromatic heterocycles. The number of fused-ring (bicyclic) bond motifs is 1. The lowest BCUT2D eigenvalue weighted by Crippen LogP contribution is -2.11. The number of benzene rings is 3. The van der Waals surface area contributed by atoms with Crippen molar-refractivity contribution in [2.75, 3.05) is 18.5 Å².